The smallest absolute Gasteiger partial charge is 0.0372 e. The Morgan fingerprint density at radius 3 is 2.15 bits per heavy atom. The first-order valence-electron chi connectivity index (χ1n) is 4.14. The lowest BCUT2D eigenvalue weighted by Gasteiger charge is -2.21. The van der Waals surface area contributed by atoms with E-state index >= 15 is 0 Å². The molecule has 0 heterocycles. The Labute approximate surface area is 86.5 Å². The highest BCUT2D eigenvalue weighted by molar-refractivity contribution is 8.09. The van der Waals surface area contributed by atoms with Gasteiger partial charge in [0.15, 0.2) is 0 Å². The van der Waals surface area contributed by atoms with Crippen molar-refractivity contribution in [3.63, 3.8) is 0 Å². The molecule has 0 fully saturated rings. The minimum absolute atomic E-state index is 0.0672. The molecule has 1 rings (SSSR count). The summed E-state index contributed by atoms with van der Waals surface area (Å²) in [5, 5.41) is 0. The number of benzene rings is 1. The molecule has 0 spiro atoms. The van der Waals surface area contributed by atoms with Crippen LogP contribution in [0.1, 0.15) is 26.3 Å². The predicted molar refractivity (Wildman–Crippen MR) is 59.3 cm³/mol. The predicted octanol–water partition coefficient (Wildman–Crippen LogP) is 3.88. The molecule has 0 bridgehead atoms. The molecule has 1 nitrogen and oxygen atoms in total. The molecule has 1 aromatic rings. The third-order valence-corrected chi connectivity index (χ3v) is 3.13. The van der Waals surface area contributed by atoms with Crippen LogP contribution >= 0.6 is 10.7 Å². The van der Waals surface area contributed by atoms with Crippen molar-refractivity contribution < 1.29 is 0 Å². The number of hydrogen-bond donors (Lipinski definition) is 1. The van der Waals surface area contributed by atoms with Crippen LogP contribution in [-0.4, -0.2) is 0 Å². The maximum Gasteiger partial charge on any atom is 0.0372 e. The van der Waals surface area contributed by atoms with Crippen molar-refractivity contribution in [1.82, 2.24) is 0 Å². The second-order valence-electron chi connectivity index (χ2n) is 4.00. The Morgan fingerprint density at radius 2 is 1.77 bits per heavy atom. The minimum atomic E-state index is -0.915. The van der Waals surface area contributed by atoms with E-state index in [1.807, 2.05) is 24.3 Å². The molecule has 0 aliphatic heterocycles. The van der Waals surface area contributed by atoms with Gasteiger partial charge in [-0.25, -0.2) is 0 Å². The first-order valence-corrected chi connectivity index (χ1v) is 6.19. The quantitative estimate of drug-likeness (QED) is 0.736. The van der Waals surface area contributed by atoms with Gasteiger partial charge in [-0.2, -0.15) is 0 Å². The van der Waals surface area contributed by atoms with E-state index in [9.17, 15) is 0 Å². The van der Waals surface area contributed by atoms with E-state index in [0.717, 1.165) is 4.90 Å². The van der Waals surface area contributed by atoms with Crippen LogP contribution in [0.2, 0.25) is 0 Å². The highest BCUT2D eigenvalue weighted by atomic mass is 35.7. The van der Waals surface area contributed by atoms with E-state index in [4.69, 9.17) is 15.5 Å². The van der Waals surface area contributed by atoms with E-state index in [1.165, 1.54) is 5.56 Å². The molecule has 0 aromatic heterocycles. The largest absolute Gasteiger partial charge is 0.261 e. The van der Waals surface area contributed by atoms with Gasteiger partial charge in [-0.15, -0.1) is 0 Å². The lowest BCUT2D eigenvalue weighted by molar-refractivity contribution is 0.578. The number of hydrogen-bond acceptors (Lipinski definition) is 1. The summed E-state index contributed by atoms with van der Waals surface area (Å²) in [7, 11) is 4.89. The van der Waals surface area contributed by atoms with Crippen molar-refractivity contribution in [2.75, 3.05) is 0 Å². The third kappa shape index (κ3) is 2.55. The molecule has 0 saturated heterocycles. The number of nitrogens with one attached hydrogen (secondary N) is 1. The Morgan fingerprint density at radius 1 is 1.23 bits per heavy atom. The van der Waals surface area contributed by atoms with E-state index in [0.29, 0.717) is 0 Å². The van der Waals surface area contributed by atoms with Crippen molar-refractivity contribution in [3.8, 4) is 0 Å². The van der Waals surface area contributed by atoms with Gasteiger partial charge in [-0.05, 0) is 27.7 Å². The number of halogens is 1. The molecular formula is C10H14ClNS. The maximum absolute atomic E-state index is 7.53. The standard InChI is InChI=1S/C10H14ClNS/c1-10(2,3)8-6-4-5-7-9(8)13(11)12/h4-7,12H,1-3H3. The van der Waals surface area contributed by atoms with Gasteiger partial charge >= 0.3 is 0 Å². The summed E-state index contributed by atoms with van der Waals surface area (Å²) in [5.74, 6) is 0. The fourth-order valence-corrected chi connectivity index (χ4v) is 2.41. The molecule has 72 valence electrons. The van der Waals surface area contributed by atoms with Gasteiger partial charge in [0.05, 0.1) is 0 Å². The van der Waals surface area contributed by atoms with Crippen LogP contribution in [0.5, 0.6) is 0 Å². The van der Waals surface area contributed by atoms with E-state index in [1.54, 1.807) is 0 Å². The summed E-state index contributed by atoms with van der Waals surface area (Å²) < 4.78 is 7.53. The van der Waals surface area contributed by atoms with Crippen molar-refractivity contribution in [1.29, 1.82) is 4.78 Å². The van der Waals surface area contributed by atoms with Crippen molar-refractivity contribution >= 4 is 20.6 Å². The summed E-state index contributed by atoms with van der Waals surface area (Å²) >= 11 is 0. The Kier molecular flexibility index (Phi) is 3.14. The van der Waals surface area contributed by atoms with Gasteiger partial charge in [-0.1, -0.05) is 39.0 Å². The van der Waals surface area contributed by atoms with Crippen LogP contribution in [0.3, 0.4) is 0 Å². The van der Waals surface area contributed by atoms with Gasteiger partial charge in [0.1, 0.15) is 0 Å². The SMILES string of the molecule is CC(C)(C)c1ccccc1S(=N)Cl. The topological polar surface area (TPSA) is 23.9 Å². The summed E-state index contributed by atoms with van der Waals surface area (Å²) in [4.78, 5) is 0.941. The van der Waals surface area contributed by atoms with Crippen molar-refractivity contribution in [2.45, 2.75) is 31.1 Å². The minimum Gasteiger partial charge on any atom is -0.261 e. The van der Waals surface area contributed by atoms with Crippen LogP contribution in [-0.2, 0) is 15.3 Å². The average molecular weight is 216 g/mol. The summed E-state index contributed by atoms with van der Waals surface area (Å²) in [6.07, 6.45) is 0. The Balaban J connectivity index is 3.28. The fraction of sp³-hybridized carbons (Fsp3) is 0.400. The Hall–Kier alpha value is -0.340. The van der Waals surface area contributed by atoms with E-state index < -0.39 is 9.90 Å². The highest BCUT2D eigenvalue weighted by Crippen LogP contribution is 2.28. The van der Waals surface area contributed by atoms with Gasteiger partial charge in [0.2, 0.25) is 0 Å². The zero-order chi connectivity index (χ0) is 10.1. The van der Waals surface area contributed by atoms with Gasteiger partial charge in [-0.3, -0.25) is 4.78 Å². The molecule has 0 saturated carbocycles. The molecule has 3 heteroatoms. The molecule has 0 aliphatic carbocycles. The average Bonchev–Trinajstić information content (AvgIpc) is 2.03. The fourth-order valence-electron chi connectivity index (χ4n) is 1.24. The normalized spacial score (nSPS) is 14.2. The number of rotatable bonds is 1. The summed E-state index contributed by atoms with van der Waals surface area (Å²) in [6, 6.07) is 7.91. The second-order valence-corrected chi connectivity index (χ2v) is 5.88. The van der Waals surface area contributed by atoms with E-state index in [2.05, 4.69) is 20.8 Å². The van der Waals surface area contributed by atoms with Crippen LogP contribution in [0, 0.1) is 4.78 Å². The molecular weight excluding hydrogens is 202 g/mol. The lowest BCUT2D eigenvalue weighted by Crippen LogP contribution is -2.13. The van der Waals surface area contributed by atoms with Gasteiger partial charge in [0.25, 0.3) is 0 Å². The first kappa shape index (κ1) is 10.7. The summed E-state index contributed by atoms with van der Waals surface area (Å²) in [6.45, 7) is 6.40. The molecule has 1 aromatic carbocycles. The lowest BCUT2D eigenvalue weighted by atomic mass is 9.87. The molecule has 0 amide bonds. The molecule has 13 heavy (non-hydrogen) atoms. The third-order valence-electron chi connectivity index (χ3n) is 1.89. The first-order chi connectivity index (χ1) is 5.93. The van der Waals surface area contributed by atoms with Gasteiger partial charge in [0, 0.05) is 14.8 Å². The molecule has 1 unspecified atom stereocenters. The van der Waals surface area contributed by atoms with E-state index in [-0.39, 0.29) is 5.41 Å². The Bertz CT molecular complexity index is 328. The molecule has 0 aliphatic rings. The van der Waals surface area contributed by atoms with Crippen LogP contribution in [0.25, 0.3) is 0 Å². The highest BCUT2D eigenvalue weighted by Gasteiger charge is 2.18. The summed E-state index contributed by atoms with van der Waals surface area (Å²) in [5.41, 5.74) is 1.24. The zero-order valence-electron chi connectivity index (χ0n) is 8.10. The second kappa shape index (κ2) is 3.81. The van der Waals surface area contributed by atoms with Crippen LogP contribution < -0.4 is 0 Å². The molecule has 1 atom stereocenters. The van der Waals surface area contributed by atoms with Crippen LogP contribution in [0.15, 0.2) is 29.2 Å². The monoisotopic (exact) mass is 215 g/mol. The zero-order valence-corrected chi connectivity index (χ0v) is 9.67. The van der Waals surface area contributed by atoms with Crippen LogP contribution in [0.4, 0.5) is 0 Å². The maximum atomic E-state index is 7.53. The molecule has 0 radical (unpaired) electrons. The van der Waals surface area contributed by atoms with Crippen molar-refractivity contribution in [2.24, 2.45) is 0 Å². The van der Waals surface area contributed by atoms with Gasteiger partial charge < -0.3 is 0 Å². The van der Waals surface area contributed by atoms with Crippen molar-refractivity contribution in [3.05, 3.63) is 29.8 Å². The molecule has 1 N–H and O–H groups in total.